The van der Waals surface area contributed by atoms with Crippen LogP contribution in [0.4, 0.5) is 0 Å². The summed E-state index contributed by atoms with van der Waals surface area (Å²) in [4.78, 5) is 15.4. The number of benzene rings is 2. The zero-order valence-corrected chi connectivity index (χ0v) is 18.3. The van der Waals surface area contributed by atoms with Gasteiger partial charge in [-0.05, 0) is 59.9 Å². The normalized spacial score (nSPS) is 22.8. The van der Waals surface area contributed by atoms with E-state index in [4.69, 9.17) is 17.0 Å². The van der Waals surface area contributed by atoms with E-state index in [1.165, 1.54) is 0 Å². The second-order valence-corrected chi connectivity index (χ2v) is 9.54. The number of halogens is 1. The highest BCUT2D eigenvalue weighted by Crippen LogP contribution is 2.54. The van der Waals surface area contributed by atoms with Crippen LogP contribution in [0.3, 0.4) is 0 Å². The maximum Gasteiger partial charge on any atom is 0.239 e. The number of nitrogens with one attached hydrogen (secondary N) is 1. The molecule has 2 N–H and O–H groups in total. The van der Waals surface area contributed by atoms with Crippen molar-refractivity contribution >= 4 is 23.3 Å². The summed E-state index contributed by atoms with van der Waals surface area (Å²) in [5.41, 5.74) is 2.31. The second-order valence-electron chi connectivity index (χ2n) is 9.10. The van der Waals surface area contributed by atoms with Crippen molar-refractivity contribution in [1.82, 2.24) is 4.90 Å². The molecule has 30 heavy (non-hydrogen) atoms. The Morgan fingerprint density at radius 3 is 2.43 bits per heavy atom. The van der Waals surface area contributed by atoms with Crippen LogP contribution in [0.5, 0.6) is 0 Å². The molecule has 1 heterocycles. The lowest BCUT2D eigenvalue weighted by molar-refractivity contribution is -0.134. The minimum Gasteiger partial charge on any atom is -0.394 e. The third-order valence-corrected chi connectivity index (χ3v) is 6.70. The van der Waals surface area contributed by atoms with Gasteiger partial charge in [-0.3, -0.25) is 15.1 Å². The minimum atomic E-state index is -0.698. The molecule has 1 saturated carbocycles. The van der Waals surface area contributed by atoms with Crippen molar-refractivity contribution in [2.75, 3.05) is 6.61 Å². The second kappa shape index (κ2) is 8.16. The number of aliphatic hydroxyl groups excluding tert-OH is 1. The molecule has 5 heteroatoms. The van der Waals surface area contributed by atoms with Crippen molar-refractivity contribution in [2.45, 2.75) is 51.0 Å². The number of rotatable bonds is 7. The zero-order valence-electron chi connectivity index (χ0n) is 17.6. The summed E-state index contributed by atoms with van der Waals surface area (Å²) in [5.74, 6) is 0.908. The van der Waals surface area contributed by atoms with Crippen LogP contribution in [-0.2, 0) is 10.2 Å². The van der Waals surface area contributed by atoms with Crippen molar-refractivity contribution in [3.05, 3.63) is 59.1 Å². The first kappa shape index (κ1) is 21.1. The molecule has 0 aromatic heterocycles. The van der Waals surface area contributed by atoms with E-state index in [1.54, 1.807) is 4.90 Å². The van der Waals surface area contributed by atoms with Crippen molar-refractivity contribution in [3.63, 3.8) is 0 Å². The SMILES string of the molecule is CC(C)C[C@@H](CO)N1C(=N)CC(c2cccc(-c3cccc(Cl)c3)c2)(C2CC2)C1=O. The Morgan fingerprint density at radius 2 is 1.83 bits per heavy atom. The third-order valence-electron chi connectivity index (χ3n) is 6.47. The lowest BCUT2D eigenvalue weighted by Gasteiger charge is -2.32. The van der Waals surface area contributed by atoms with Crippen LogP contribution < -0.4 is 0 Å². The number of amidine groups is 1. The van der Waals surface area contributed by atoms with E-state index in [0.717, 1.165) is 29.5 Å². The first-order valence-corrected chi connectivity index (χ1v) is 11.1. The molecule has 4 nitrogen and oxygen atoms in total. The fourth-order valence-corrected chi connectivity index (χ4v) is 5.15. The van der Waals surface area contributed by atoms with Gasteiger partial charge < -0.3 is 5.11 Å². The van der Waals surface area contributed by atoms with Gasteiger partial charge in [-0.2, -0.15) is 0 Å². The van der Waals surface area contributed by atoms with Gasteiger partial charge >= 0.3 is 0 Å². The van der Waals surface area contributed by atoms with Crippen LogP contribution >= 0.6 is 11.6 Å². The van der Waals surface area contributed by atoms with Gasteiger partial charge in [0.2, 0.25) is 5.91 Å². The molecule has 1 saturated heterocycles. The number of nitrogens with zero attached hydrogens (tertiary/aromatic N) is 1. The van der Waals surface area contributed by atoms with Crippen LogP contribution in [-0.4, -0.2) is 34.4 Å². The largest absolute Gasteiger partial charge is 0.394 e. The molecule has 4 rings (SSSR count). The molecule has 0 radical (unpaired) electrons. The number of carbonyl (C=O) groups excluding carboxylic acids is 1. The van der Waals surface area contributed by atoms with E-state index in [0.29, 0.717) is 29.6 Å². The van der Waals surface area contributed by atoms with Gasteiger partial charge in [0.15, 0.2) is 0 Å². The van der Waals surface area contributed by atoms with Gasteiger partial charge in [0.1, 0.15) is 5.84 Å². The Labute approximate surface area is 183 Å². The third kappa shape index (κ3) is 3.67. The first-order chi connectivity index (χ1) is 14.4. The molecule has 1 aliphatic carbocycles. The van der Waals surface area contributed by atoms with Crippen LogP contribution in [0.1, 0.15) is 45.1 Å². The predicted octanol–water partition coefficient (Wildman–Crippen LogP) is 5.27. The molecule has 1 unspecified atom stereocenters. The predicted molar refractivity (Wildman–Crippen MR) is 121 cm³/mol. The van der Waals surface area contributed by atoms with Gasteiger partial charge in [-0.15, -0.1) is 0 Å². The molecule has 0 bridgehead atoms. The van der Waals surface area contributed by atoms with E-state index >= 15 is 0 Å². The highest BCUT2D eigenvalue weighted by atomic mass is 35.5. The van der Waals surface area contributed by atoms with E-state index in [2.05, 4.69) is 19.9 Å². The molecule has 1 amide bonds. The Balaban J connectivity index is 1.75. The highest BCUT2D eigenvalue weighted by molar-refractivity contribution is 6.30. The monoisotopic (exact) mass is 424 g/mol. The summed E-state index contributed by atoms with van der Waals surface area (Å²) in [6, 6.07) is 15.5. The van der Waals surface area contributed by atoms with Crippen molar-refractivity contribution in [2.24, 2.45) is 11.8 Å². The van der Waals surface area contributed by atoms with Gasteiger partial charge in [-0.25, -0.2) is 0 Å². The average Bonchev–Trinajstić information content (AvgIpc) is 3.53. The Morgan fingerprint density at radius 1 is 1.17 bits per heavy atom. The number of likely N-dealkylation sites (tertiary alicyclic amines) is 1. The number of hydrogen-bond acceptors (Lipinski definition) is 3. The van der Waals surface area contributed by atoms with Crippen LogP contribution in [0.15, 0.2) is 48.5 Å². The lowest BCUT2D eigenvalue weighted by atomic mass is 9.73. The first-order valence-electron chi connectivity index (χ1n) is 10.7. The quantitative estimate of drug-likeness (QED) is 0.635. The number of amides is 1. The van der Waals surface area contributed by atoms with E-state index in [-0.39, 0.29) is 24.5 Å². The van der Waals surface area contributed by atoms with Crippen LogP contribution in [0, 0.1) is 17.2 Å². The van der Waals surface area contributed by atoms with E-state index in [9.17, 15) is 9.90 Å². The number of carbonyl (C=O) groups is 1. The molecule has 2 aromatic rings. The summed E-state index contributed by atoms with van der Waals surface area (Å²) in [6.07, 6.45) is 3.10. The molecule has 2 aliphatic rings. The lowest BCUT2D eigenvalue weighted by Crippen LogP contribution is -2.47. The van der Waals surface area contributed by atoms with Crippen molar-refractivity contribution in [3.8, 4) is 11.1 Å². The smallest absolute Gasteiger partial charge is 0.239 e. The topological polar surface area (TPSA) is 64.4 Å². The minimum absolute atomic E-state index is 0.0158. The van der Waals surface area contributed by atoms with Gasteiger partial charge in [0.25, 0.3) is 0 Å². The van der Waals surface area contributed by atoms with Crippen LogP contribution in [0.2, 0.25) is 5.02 Å². The molecule has 158 valence electrons. The summed E-state index contributed by atoms with van der Waals surface area (Å²) in [5, 5.41) is 19.3. The summed E-state index contributed by atoms with van der Waals surface area (Å²) in [7, 11) is 0. The average molecular weight is 425 g/mol. The molecule has 2 aromatic carbocycles. The van der Waals surface area contributed by atoms with E-state index < -0.39 is 5.41 Å². The maximum absolute atomic E-state index is 13.9. The van der Waals surface area contributed by atoms with Gasteiger partial charge in [0, 0.05) is 11.4 Å². The fourth-order valence-electron chi connectivity index (χ4n) is 4.95. The molecule has 0 spiro atoms. The molecular formula is C25H29ClN2O2. The fraction of sp³-hybridized carbons (Fsp3) is 0.440. The number of aliphatic hydroxyl groups is 1. The molecule has 2 atom stereocenters. The Hall–Kier alpha value is -2.17. The van der Waals surface area contributed by atoms with E-state index in [1.807, 2.05) is 42.5 Å². The summed E-state index contributed by atoms with van der Waals surface area (Å²) in [6.45, 7) is 4.04. The highest BCUT2D eigenvalue weighted by Gasteiger charge is 2.59. The van der Waals surface area contributed by atoms with Gasteiger partial charge in [0.05, 0.1) is 18.1 Å². The molecule has 2 fully saturated rings. The van der Waals surface area contributed by atoms with Crippen molar-refractivity contribution in [1.29, 1.82) is 5.41 Å². The molecular weight excluding hydrogens is 396 g/mol. The van der Waals surface area contributed by atoms with Crippen LogP contribution in [0.25, 0.3) is 11.1 Å². The summed E-state index contributed by atoms with van der Waals surface area (Å²) >= 11 is 6.19. The van der Waals surface area contributed by atoms with Crippen molar-refractivity contribution < 1.29 is 9.90 Å². The number of hydrogen-bond donors (Lipinski definition) is 2. The van der Waals surface area contributed by atoms with Gasteiger partial charge in [-0.1, -0.05) is 61.8 Å². The Bertz CT molecular complexity index is 969. The molecule has 1 aliphatic heterocycles. The standard InChI is InChI=1S/C25H29ClN2O2/c1-16(2)11-22(15-29)28-23(27)14-25(24(28)30,19-9-10-19)20-7-3-5-17(12-20)18-6-4-8-21(26)13-18/h3-8,12-13,16,19,22,27,29H,9-11,14-15H2,1-2H3/t22-,25?/m0/s1. The summed E-state index contributed by atoms with van der Waals surface area (Å²) < 4.78 is 0. The zero-order chi connectivity index (χ0) is 21.5. The Kier molecular flexibility index (Phi) is 5.73. The maximum atomic E-state index is 13.9.